The molecule has 0 spiro atoms. The molecule has 0 radical (unpaired) electrons. The van der Waals surface area contributed by atoms with Crippen LogP contribution in [-0.4, -0.2) is 4.98 Å². The van der Waals surface area contributed by atoms with Crippen LogP contribution < -0.4 is 0 Å². The van der Waals surface area contributed by atoms with Gasteiger partial charge >= 0.3 is 0 Å². The monoisotopic (exact) mass is 124 g/mol. The highest BCUT2D eigenvalue weighted by Crippen LogP contribution is 2.08. The van der Waals surface area contributed by atoms with Crippen molar-refractivity contribution in [1.82, 2.24) is 4.98 Å². The summed E-state index contributed by atoms with van der Waals surface area (Å²) in [6.45, 7) is 1.93. The number of hydrogen-bond donors (Lipinski definition) is 0. The van der Waals surface area contributed by atoms with Crippen LogP contribution >= 0.6 is 11.3 Å². The lowest BCUT2D eigenvalue weighted by molar-refractivity contribution is 1.33. The van der Waals surface area contributed by atoms with Gasteiger partial charge in [-0.15, -0.1) is 11.3 Å². The van der Waals surface area contributed by atoms with E-state index in [0.717, 1.165) is 4.88 Å². The molecule has 1 rings (SSSR count). The average molecular weight is 124 g/mol. The maximum Gasteiger partial charge on any atom is 0.194 e. The molecule has 1 aromatic rings. The summed E-state index contributed by atoms with van der Waals surface area (Å²) < 4.78 is 0. The normalized spacial score (nSPS) is 8.50. The molecule has 0 N–H and O–H groups in total. The Morgan fingerprint density at radius 2 is 2.62 bits per heavy atom. The largest absolute Gasteiger partial charge is 0.234 e. The van der Waals surface area contributed by atoms with Crippen LogP contribution in [0.2, 0.25) is 0 Å². The van der Waals surface area contributed by atoms with E-state index >= 15 is 0 Å². The third kappa shape index (κ3) is 0.849. The lowest BCUT2D eigenvalue weighted by Crippen LogP contribution is -1.61. The molecule has 40 valence electrons. The quantitative estimate of drug-likeness (QED) is 0.523. The predicted molar refractivity (Wildman–Crippen MR) is 31.6 cm³/mol. The summed E-state index contributed by atoms with van der Waals surface area (Å²) in [5.41, 5.74) is 0. The van der Waals surface area contributed by atoms with E-state index in [1.165, 1.54) is 11.3 Å². The minimum atomic E-state index is 0.544. The number of aromatic nitrogens is 1. The molecule has 0 fully saturated rings. The van der Waals surface area contributed by atoms with Crippen LogP contribution in [0, 0.1) is 18.3 Å². The maximum atomic E-state index is 8.25. The van der Waals surface area contributed by atoms with Crippen LogP contribution in [0.4, 0.5) is 0 Å². The number of thiazole rings is 1. The van der Waals surface area contributed by atoms with E-state index in [1.54, 1.807) is 6.20 Å². The molecular weight excluding hydrogens is 120 g/mol. The maximum absolute atomic E-state index is 8.25. The van der Waals surface area contributed by atoms with E-state index in [4.69, 9.17) is 5.26 Å². The molecule has 0 saturated carbocycles. The summed E-state index contributed by atoms with van der Waals surface area (Å²) in [5.74, 6) is 0. The molecule has 0 bridgehead atoms. The molecule has 0 aliphatic rings. The summed E-state index contributed by atoms with van der Waals surface area (Å²) in [6.07, 6.45) is 1.70. The van der Waals surface area contributed by atoms with E-state index < -0.39 is 0 Å². The Bertz CT molecular complexity index is 221. The zero-order valence-corrected chi connectivity index (χ0v) is 5.20. The van der Waals surface area contributed by atoms with Crippen molar-refractivity contribution in [3.05, 3.63) is 16.1 Å². The van der Waals surface area contributed by atoms with Crippen LogP contribution in [0.25, 0.3) is 0 Å². The fourth-order valence-electron chi connectivity index (χ4n) is 0.406. The SMILES string of the molecule is Cc1cnc(C#N)s1. The minimum Gasteiger partial charge on any atom is -0.234 e. The lowest BCUT2D eigenvalue weighted by atomic mass is 10.6. The van der Waals surface area contributed by atoms with Crippen LogP contribution in [0.3, 0.4) is 0 Å². The van der Waals surface area contributed by atoms with Gasteiger partial charge in [0, 0.05) is 11.1 Å². The van der Waals surface area contributed by atoms with Gasteiger partial charge in [-0.25, -0.2) is 4.98 Å². The molecule has 0 unspecified atom stereocenters. The molecule has 1 aromatic heterocycles. The van der Waals surface area contributed by atoms with Gasteiger partial charge in [0.15, 0.2) is 5.01 Å². The Kier molecular flexibility index (Phi) is 1.27. The molecular formula is C5H4N2S. The third-order valence-corrected chi connectivity index (χ3v) is 1.53. The van der Waals surface area contributed by atoms with E-state index in [-0.39, 0.29) is 0 Å². The summed E-state index contributed by atoms with van der Waals surface area (Å²) >= 11 is 1.42. The van der Waals surface area contributed by atoms with Gasteiger partial charge in [-0.05, 0) is 6.92 Å². The number of rotatable bonds is 0. The summed E-state index contributed by atoms with van der Waals surface area (Å²) in [6, 6.07) is 1.96. The highest BCUT2D eigenvalue weighted by molar-refractivity contribution is 7.12. The van der Waals surface area contributed by atoms with Crippen molar-refractivity contribution in [2.75, 3.05) is 0 Å². The molecule has 0 atom stereocenters. The molecule has 2 nitrogen and oxygen atoms in total. The minimum absolute atomic E-state index is 0.544. The van der Waals surface area contributed by atoms with Crippen LogP contribution in [0.15, 0.2) is 6.20 Å². The Morgan fingerprint density at radius 3 is 2.88 bits per heavy atom. The van der Waals surface area contributed by atoms with Gasteiger partial charge in [-0.3, -0.25) is 0 Å². The number of hydrogen-bond acceptors (Lipinski definition) is 3. The molecule has 8 heavy (non-hydrogen) atoms. The van der Waals surface area contributed by atoms with Gasteiger partial charge in [-0.2, -0.15) is 5.26 Å². The second-order valence-electron chi connectivity index (χ2n) is 1.39. The zero-order chi connectivity index (χ0) is 5.98. The van der Waals surface area contributed by atoms with Crippen molar-refractivity contribution >= 4 is 11.3 Å². The van der Waals surface area contributed by atoms with Crippen LogP contribution in [0.5, 0.6) is 0 Å². The first kappa shape index (κ1) is 5.26. The average Bonchev–Trinajstić information content (AvgIpc) is 2.14. The van der Waals surface area contributed by atoms with Crippen LogP contribution in [0.1, 0.15) is 9.88 Å². The van der Waals surface area contributed by atoms with Crippen molar-refractivity contribution < 1.29 is 0 Å². The van der Waals surface area contributed by atoms with Crippen molar-refractivity contribution in [3.63, 3.8) is 0 Å². The van der Waals surface area contributed by atoms with Crippen LogP contribution in [-0.2, 0) is 0 Å². The van der Waals surface area contributed by atoms with Gasteiger partial charge < -0.3 is 0 Å². The molecule has 0 aliphatic carbocycles. The molecule has 3 heteroatoms. The Hall–Kier alpha value is -0.880. The van der Waals surface area contributed by atoms with Gasteiger partial charge in [0.1, 0.15) is 6.07 Å². The second kappa shape index (κ2) is 1.93. The van der Waals surface area contributed by atoms with Crippen molar-refractivity contribution in [2.45, 2.75) is 6.92 Å². The topological polar surface area (TPSA) is 36.7 Å². The van der Waals surface area contributed by atoms with Crippen molar-refractivity contribution in [2.24, 2.45) is 0 Å². The predicted octanol–water partition coefficient (Wildman–Crippen LogP) is 1.32. The van der Waals surface area contributed by atoms with Crippen molar-refractivity contribution in [1.29, 1.82) is 5.26 Å². The number of aryl methyl sites for hydroxylation is 1. The van der Waals surface area contributed by atoms with Gasteiger partial charge in [0.2, 0.25) is 0 Å². The third-order valence-electron chi connectivity index (χ3n) is 0.717. The van der Waals surface area contributed by atoms with E-state index in [9.17, 15) is 0 Å². The molecule has 0 saturated heterocycles. The standard InChI is InChI=1S/C5H4N2S/c1-4-3-7-5(2-6)8-4/h3H,1H3. The zero-order valence-electron chi connectivity index (χ0n) is 4.38. The number of nitriles is 1. The highest BCUT2D eigenvalue weighted by Gasteiger charge is 1.91. The molecule has 0 aromatic carbocycles. The highest BCUT2D eigenvalue weighted by atomic mass is 32.1. The Morgan fingerprint density at radius 1 is 1.88 bits per heavy atom. The first-order valence-corrected chi connectivity index (χ1v) is 2.97. The molecule has 0 aliphatic heterocycles. The van der Waals surface area contributed by atoms with Gasteiger partial charge in [0.05, 0.1) is 0 Å². The summed E-state index contributed by atoms with van der Waals surface area (Å²) in [4.78, 5) is 4.88. The smallest absolute Gasteiger partial charge is 0.194 e. The molecule has 1 heterocycles. The number of nitrogens with zero attached hydrogens (tertiary/aromatic N) is 2. The van der Waals surface area contributed by atoms with E-state index in [1.807, 2.05) is 13.0 Å². The van der Waals surface area contributed by atoms with Gasteiger partial charge in [-0.1, -0.05) is 0 Å². The first-order valence-electron chi connectivity index (χ1n) is 2.15. The molecule has 0 amide bonds. The van der Waals surface area contributed by atoms with Gasteiger partial charge in [0.25, 0.3) is 0 Å². The van der Waals surface area contributed by atoms with E-state index in [2.05, 4.69) is 4.98 Å². The fourth-order valence-corrected chi connectivity index (χ4v) is 0.968. The lowest BCUT2D eigenvalue weighted by Gasteiger charge is -1.66. The summed E-state index contributed by atoms with van der Waals surface area (Å²) in [7, 11) is 0. The van der Waals surface area contributed by atoms with E-state index in [0.29, 0.717) is 5.01 Å². The fraction of sp³-hybridized carbons (Fsp3) is 0.200. The van der Waals surface area contributed by atoms with Crippen molar-refractivity contribution in [3.8, 4) is 6.07 Å². The second-order valence-corrected chi connectivity index (χ2v) is 2.62. The Labute approximate surface area is 51.4 Å². The Balaban J connectivity index is 3.05. The summed E-state index contributed by atoms with van der Waals surface area (Å²) in [5, 5.41) is 8.79. The first-order chi connectivity index (χ1) is 3.83.